The quantitative estimate of drug-likeness (QED) is 0.445. The molecule has 36 heavy (non-hydrogen) atoms. The first-order chi connectivity index (χ1) is 17.1. The minimum Gasteiger partial charge on any atom is -0.454 e. The van der Waals surface area contributed by atoms with Crippen molar-refractivity contribution in [1.82, 2.24) is 10.0 Å². The first kappa shape index (κ1) is 25.5. The molecule has 0 saturated heterocycles. The van der Waals surface area contributed by atoms with E-state index in [2.05, 4.69) is 21.2 Å². The Morgan fingerprint density at radius 3 is 2.44 bits per heavy atom. The van der Waals surface area contributed by atoms with E-state index in [0.29, 0.717) is 22.7 Å². The normalized spacial score (nSPS) is 13.1. The molecule has 3 aromatic carbocycles. The highest BCUT2D eigenvalue weighted by molar-refractivity contribution is 9.10. The van der Waals surface area contributed by atoms with Crippen LogP contribution in [-0.4, -0.2) is 40.2 Å². The summed E-state index contributed by atoms with van der Waals surface area (Å²) in [6.45, 7) is 1.73. The molecule has 0 saturated carbocycles. The van der Waals surface area contributed by atoms with Crippen LogP contribution in [0.4, 0.5) is 10.5 Å². The van der Waals surface area contributed by atoms with Gasteiger partial charge in [0, 0.05) is 29.7 Å². The fourth-order valence-corrected chi connectivity index (χ4v) is 5.16. The van der Waals surface area contributed by atoms with E-state index in [1.54, 1.807) is 50.4 Å². The number of amides is 3. The van der Waals surface area contributed by atoms with Crippen LogP contribution in [0.25, 0.3) is 0 Å². The SMILES string of the molecule is Cc1ccccc1S(=O)(=O)NC(=O)NC(Cc1ccc(Br)cc1)C(=O)N(C)c1ccc2c(c1)OCO2. The Kier molecular flexibility index (Phi) is 7.51. The maximum Gasteiger partial charge on any atom is 0.329 e. The highest BCUT2D eigenvalue weighted by Gasteiger charge is 2.28. The first-order valence-electron chi connectivity index (χ1n) is 10.9. The monoisotopic (exact) mass is 573 g/mol. The van der Waals surface area contributed by atoms with Gasteiger partial charge in [0.15, 0.2) is 11.5 Å². The molecule has 0 aliphatic carbocycles. The molecule has 0 spiro atoms. The van der Waals surface area contributed by atoms with Gasteiger partial charge >= 0.3 is 6.03 Å². The van der Waals surface area contributed by atoms with Gasteiger partial charge in [-0.05, 0) is 48.4 Å². The van der Waals surface area contributed by atoms with Crippen molar-refractivity contribution >= 4 is 43.6 Å². The fraction of sp³-hybridized carbons (Fsp3) is 0.200. The average molecular weight is 574 g/mol. The number of carbonyl (C=O) groups is 2. The van der Waals surface area contributed by atoms with Crippen molar-refractivity contribution in [2.45, 2.75) is 24.3 Å². The zero-order chi connectivity index (χ0) is 25.9. The minimum absolute atomic E-state index is 0.0200. The smallest absolute Gasteiger partial charge is 0.329 e. The number of urea groups is 1. The number of likely N-dealkylation sites (N-methyl/N-ethyl adjacent to an activating group) is 1. The van der Waals surface area contributed by atoms with Gasteiger partial charge in [0.1, 0.15) is 6.04 Å². The minimum atomic E-state index is -4.14. The summed E-state index contributed by atoms with van der Waals surface area (Å²) < 4.78 is 39.1. The van der Waals surface area contributed by atoms with Gasteiger partial charge in [-0.15, -0.1) is 0 Å². The van der Waals surface area contributed by atoms with Crippen molar-refractivity contribution in [2.75, 3.05) is 18.7 Å². The molecule has 11 heteroatoms. The second kappa shape index (κ2) is 10.6. The molecule has 0 fully saturated rings. The maximum absolute atomic E-state index is 13.5. The Bertz CT molecular complexity index is 1400. The van der Waals surface area contributed by atoms with E-state index in [9.17, 15) is 18.0 Å². The number of nitrogens with one attached hydrogen (secondary N) is 2. The third kappa shape index (κ3) is 5.80. The van der Waals surface area contributed by atoms with Crippen LogP contribution in [0.15, 0.2) is 76.1 Å². The fourth-order valence-electron chi connectivity index (χ4n) is 3.73. The summed E-state index contributed by atoms with van der Waals surface area (Å²) in [5.41, 5.74) is 1.79. The van der Waals surface area contributed by atoms with Gasteiger partial charge in [0.25, 0.3) is 10.0 Å². The molecule has 4 rings (SSSR count). The molecule has 1 heterocycles. The van der Waals surface area contributed by atoms with Gasteiger partial charge in [0.05, 0.1) is 4.90 Å². The summed E-state index contributed by atoms with van der Waals surface area (Å²) in [5.74, 6) is 0.636. The average Bonchev–Trinajstić information content (AvgIpc) is 3.32. The molecule has 1 atom stereocenters. The van der Waals surface area contributed by atoms with E-state index in [4.69, 9.17) is 9.47 Å². The Hall–Kier alpha value is -3.57. The van der Waals surface area contributed by atoms with Crippen LogP contribution in [0.1, 0.15) is 11.1 Å². The van der Waals surface area contributed by atoms with Crippen molar-refractivity contribution in [1.29, 1.82) is 0 Å². The van der Waals surface area contributed by atoms with Crippen LogP contribution in [0.2, 0.25) is 0 Å². The van der Waals surface area contributed by atoms with Crippen LogP contribution in [0.5, 0.6) is 11.5 Å². The van der Waals surface area contributed by atoms with Crippen LogP contribution in [0.3, 0.4) is 0 Å². The molecule has 3 aromatic rings. The maximum atomic E-state index is 13.5. The molecule has 9 nitrogen and oxygen atoms in total. The predicted octanol–water partition coefficient (Wildman–Crippen LogP) is 3.75. The number of ether oxygens (including phenoxy) is 2. The standard InChI is InChI=1S/C25H24BrN3O6S/c1-16-5-3-4-6-23(16)36(32,33)28-25(31)27-20(13-17-7-9-18(26)10-8-17)24(30)29(2)19-11-12-21-22(14-19)35-15-34-21/h3-12,14,20H,13,15H2,1-2H3,(H2,27,28,31). The third-order valence-corrected chi connectivity index (χ3v) is 7.66. The molecule has 188 valence electrons. The molecule has 0 bridgehead atoms. The third-order valence-electron chi connectivity index (χ3n) is 5.64. The van der Waals surface area contributed by atoms with E-state index >= 15 is 0 Å². The lowest BCUT2D eigenvalue weighted by atomic mass is 10.0. The number of halogens is 1. The van der Waals surface area contributed by atoms with E-state index in [1.165, 1.54) is 11.0 Å². The number of aryl methyl sites for hydroxylation is 1. The lowest BCUT2D eigenvalue weighted by molar-refractivity contribution is -0.120. The number of benzene rings is 3. The molecule has 0 aromatic heterocycles. The van der Waals surface area contributed by atoms with E-state index < -0.39 is 28.0 Å². The van der Waals surface area contributed by atoms with E-state index in [1.807, 2.05) is 29.0 Å². The topological polar surface area (TPSA) is 114 Å². The van der Waals surface area contributed by atoms with E-state index in [0.717, 1.165) is 10.0 Å². The number of carbonyl (C=O) groups excluding carboxylic acids is 2. The number of rotatable bonds is 7. The summed E-state index contributed by atoms with van der Waals surface area (Å²) in [7, 11) is -2.58. The summed E-state index contributed by atoms with van der Waals surface area (Å²) in [6, 6.07) is 16.6. The van der Waals surface area contributed by atoms with Crippen molar-refractivity contribution in [3.63, 3.8) is 0 Å². The second-order valence-electron chi connectivity index (χ2n) is 8.16. The molecule has 2 N–H and O–H groups in total. The molecule has 1 aliphatic heterocycles. The zero-order valence-electron chi connectivity index (χ0n) is 19.5. The molecular weight excluding hydrogens is 550 g/mol. The van der Waals surface area contributed by atoms with Gasteiger partial charge < -0.3 is 19.7 Å². The number of sulfonamides is 1. The lowest BCUT2D eigenvalue weighted by Gasteiger charge is -2.25. The molecule has 1 aliphatic rings. The van der Waals surface area contributed by atoms with Gasteiger partial charge in [0.2, 0.25) is 12.7 Å². The number of hydrogen-bond acceptors (Lipinski definition) is 6. The van der Waals surface area contributed by atoms with Crippen LogP contribution in [0, 0.1) is 6.92 Å². The Morgan fingerprint density at radius 1 is 1.03 bits per heavy atom. The molecular formula is C25H24BrN3O6S. The molecule has 0 radical (unpaired) electrons. The summed E-state index contributed by atoms with van der Waals surface area (Å²) in [5, 5.41) is 2.54. The van der Waals surface area contributed by atoms with Gasteiger partial charge in [-0.1, -0.05) is 46.3 Å². The first-order valence-corrected chi connectivity index (χ1v) is 13.2. The Morgan fingerprint density at radius 2 is 1.72 bits per heavy atom. The number of hydrogen-bond donors (Lipinski definition) is 2. The Labute approximate surface area is 217 Å². The summed E-state index contributed by atoms with van der Waals surface area (Å²) in [6.07, 6.45) is 0.138. The van der Waals surface area contributed by atoms with Gasteiger partial charge in [-0.2, -0.15) is 0 Å². The zero-order valence-corrected chi connectivity index (χ0v) is 21.9. The van der Waals surface area contributed by atoms with Crippen molar-refractivity contribution < 1.29 is 27.5 Å². The van der Waals surface area contributed by atoms with Crippen LogP contribution in [-0.2, 0) is 21.2 Å². The van der Waals surface area contributed by atoms with Crippen molar-refractivity contribution in [3.05, 3.63) is 82.3 Å². The second-order valence-corrected chi connectivity index (χ2v) is 10.7. The lowest BCUT2D eigenvalue weighted by Crippen LogP contribution is -2.52. The predicted molar refractivity (Wildman–Crippen MR) is 138 cm³/mol. The molecule has 1 unspecified atom stereocenters. The van der Waals surface area contributed by atoms with Crippen molar-refractivity contribution in [3.8, 4) is 11.5 Å². The number of nitrogens with zero attached hydrogens (tertiary/aromatic N) is 1. The summed E-state index contributed by atoms with van der Waals surface area (Å²) >= 11 is 3.38. The largest absolute Gasteiger partial charge is 0.454 e. The van der Waals surface area contributed by atoms with Gasteiger partial charge in [-0.25, -0.2) is 17.9 Å². The van der Waals surface area contributed by atoms with Crippen LogP contribution >= 0.6 is 15.9 Å². The highest BCUT2D eigenvalue weighted by atomic mass is 79.9. The molecule has 3 amide bonds. The summed E-state index contributed by atoms with van der Waals surface area (Å²) in [4.78, 5) is 27.6. The van der Waals surface area contributed by atoms with E-state index in [-0.39, 0.29) is 18.1 Å². The highest BCUT2D eigenvalue weighted by Crippen LogP contribution is 2.35. The number of fused-ring (bicyclic) bond motifs is 1. The van der Waals surface area contributed by atoms with Crippen LogP contribution < -0.4 is 24.4 Å². The Balaban J connectivity index is 1.56. The van der Waals surface area contributed by atoms with Gasteiger partial charge in [-0.3, -0.25) is 4.79 Å². The van der Waals surface area contributed by atoms with Crippen molar-refractivity contribution in [2.24, 2.45) is 0 Å². The number of anilines is 1.